The van der Waals surface area contributed by atoms with E-state index in [9.17, 15) is 0 Å². The van der Waals surface area contributed by atoms with E-state index < -0.39 is 0 Å². The number of thiocarbonyl (C=S) groups is 1. The molecule has 1 aromatic carbocycles. The van der Waals surface area contributed by atoms with E-state index in [2.05, 4.69) is 5.32 Å². The van der Waals surface area contributed by atoms with Crippen LogP contribution in [0.1, 0.15) is 18.4 Å². The zero-order valence-corrected chi connectivity index (χ0v) is 11.8. The molecule has 0 aromatic heterocycles. The lowest BCUT2D eigenvalue weighted by atomic mass is 10.1. The fraction of sp³-hybridized carbons (Fsp3) is 0.417. The van der Waals surface area contributed by atoms with Gasteiger partial charge in [-0.1, -0.05) is 29.9 Å². The Labute approximate surface area is 116 Å². The number of hydrogen-bond acceptors (Lipinski definition) is 3. The molecule has 17 heavy (non-hydrogen) atoms. The third-order valence-electron chi connectivity index (χ3n) is 2.84. The third kappa shape index (κ3) is 3.27. The van der Waals surface area contributed by atoms with Crippen molar-refractivity contribution in [3.63, 3.8) is 0 Å². The van der Waals surface area contributed by atoms with Crippen LogP contribution in [0.4, 0.5) is 5.69 Å². The summed E-state index contributed by atoms with van der Waals surface area (Å²) in [6.07, 6.45) is 2.35. The molecular weight excluding hydrogens is 272 g/mol. The highest BCUT2D eigenvalue weighted by Crippen LogP contribution is 2.27. The summed E-state index contributed by atoms with van der Waals surface area (Å²) in [5, 5.41) is 4.12. The standard InChI is InChI=1S/C12H15ClN2S2/c13-9-2-1-3-10(11(9)12(14)16)15-8-4-6-17-7-5-8/h1-3,8,15H,4-7H2,(H2,14,16). The number of nitrogens with two attached hydrogens (primary N) is 1. The van der Waals surface area contributed by atoms with Gasteiger partial charge in [-0.2, -0.15) is 11.8 Å². The molecule has 2 rings (SSSR count). The fourth-order valence-corrected chi connectivity index (χ4v) is 3.62. The molecule has 0 bridgehead atoms. The maximum atomic E-state index is 6.13. The number of rotatable bonds is 3. The van der Waals surface area contributed by atoms with Gasteiger partial charge in [-0.25, -0.2) is 0 Å². The average molecular weight is 287 g/mol. The van der Waals surface area contributed by atoms with Gasteiger partial charge < -0.3 is 11.1 Å². The van der Waals surface area contributed by atoms with Crippen molar-refractivity contribution in [2.75, 3.05) is 16.8 Å². The number of halogens is 1. The van der Waals surface area contributed by atoms with E-state index in [-0.39, 0.29) is 0 Å². The Morgan fingerprint density at radius 3 is 2.76 bits per heavy atom. The molecule has 5 heteroatoms. The molecular formula is C12H15ClN2S2. The van der Waals surface area contributed by atoms with Crippen LogP contribution in [0, 0.1) is 0 Å². The smallest absolute Gasteiger partial charge is 0.107 e. The summed E-state index contributed by atoms with van der Waals surface area (Å²) in [5.41, 5.74) is 7.45. The van der Waals surface area contributed by atoms with Gasteiger partial charge >= 0.3 is 0 Å². The number of anilines is 1. The molecule has 0 atom stereocenters. The summed E-state index contributed by atoms with van der Waals surface area (Å²) in [4.78, 5) is 0.350. The molecule has 0 amide bonds. The molecule has 92 valence electrons. The minimum atomic E-state index is 0.350. The molecule has 3 N–H and O–H groups in total. The van der Waals surface area contributed by atoms with E-state index >= 15 is 0 Å². The van der Waals surface area contributed by atoms with Crippen LogP contribution in [0.2, 0.25) is 5.02 Å². The average Bonchev–Trinajstić information content (AvgIpc) is 2.30. The predicted molar refractivity (Wildman–Crippen MR) is 81.3 cm³/mol. The number of nitrogens with one attached hydrogen (secondary N) is 1. The lowest BCUT2D eigenvalue weighted by molar-refractivity contribution is 0.667. The molecule has 0 saturated carbocycles. The molecule has 1 aliphatic rings. The van der Waals surface area contributed by atoms with Crippen molar-refractivity contribution in [3.05, 3.63) is 28.8 Å². The van der Waals surface area contributed by atoms with Crippen LogP contribution in [0.25, 0.3) is 0 Å². The van der Waals surface area contributed by atoms with Crippen molar-refractivity contribution in [3.8, 4) is 0 Å². The lowest BCUT2D eigenvalue weighted by Gasteiger charge is -2.25. The van der Waals surface area contributed by atoms with E-state index in [1.165, 1.54) is 24.3 Å². The summed E-state index contributed by atoms with van der Waals surface area (Å²) in [6, 6.07) is 6.23. The second-order valence-corrected chi connectivity index (χ2v) is 6.13. The van der Waals surface area contributed by atoms with Crippen LogP contribution in [0.3, 0.4) is 0 Å². The first-order chi connectivity index (χ1) is 8.18. The molecule has 1 aliphatic heterocycles. The molecule has 1 fully saturated rings. The maximum Gasteiger partial charge on any atom is 0.107 e. The van der Waals surface area contributed by atoms with Crippen molar-refractivity contribution in [2.45, 2.75) is 18.9 Å². The quantitative estimate of drug-likeness (QED) is 0.837. The summed E-state index contributed by atoms with van der Waals surface area (Å²) < 4.78 is 0. The molecule has 1 heterocycles. The monoisotopic (exact) mass is 286 g/mol. The minimum absolute atomic E-state index is 0.350. The van der Waals surface area contributed by atoms with Crippen molar-refractivity contribution in [1.82, 2.24) is 0 Å². The number of thioether (sulfide) groups is 1. The maximum absolute atomic E-state index is 6.13. The van der Waals surface area contributed by atoms with Crippen LogP contribution >= 0.6 is 35.6 Å². The van der Waals surface area contributed by atoms with E-state index in [4.69, 9.17) is 29.6 Å². The molecule has 0 aliphatic carbocycles. The SMILES string of the molecule is NC(=S)c1c(Cl)cccc1NC1CCSCC1. The van der Waals surface area contributed by atoms with Crippen LogP contribution in [0.5, 0.6) is 0 Å². The zero-order valence-electron chi connectivity index (χ0n) is 9.41. The van der Waals surface area contributed by atoms with Crippen LogP contribution in [-0.2, 0) is 0 Å². The zero-order chi connectivity index (χ0) is 12.3. The second kappa shape index (κ2) is 5.94. The van der Waals surface area contributed by atoms with Crippen molar-refractivity contribution in [2.24, 2.45) is 5.73 Å². The fourth-order valence-electron chi connectivity index (χ4n) is 1.96. The first kappa shape index (κ1) is 13.0. The summed E-state index contributed by atoms with van der Waals surface area (Å²) in [6.45, 7) is 0. The van der Waals surface area contributed by atoms with E-state index in [1.807, 2.05) is 30.0 Å². The lowest BCUT2D eigenvalue weighted by Crippen LogP contribution is -2.26. The first-order valence-corrected chi connectivity index (χ1v) is 7.55. The van der Waals surface area contributed by atoms with Gasteiger partial charge in [0, 0.05) is 11.7 Å². The Morgan fingerprint density at radius 2 is 2.12 bits per heavy atom. The topological polar surface area (TPSA) is 38.0 Å². The van der Waals surface area contributed by atoms with Crippen molar-refractivity contribution < 1.29 is 0 Å². The van der Waals surface area contributed by atoms with Crippen LogP contribution in [-0.4, -0.2) is 22.5 Å². The van der Waals surface area contributed by atoms with Gasteiger partial charge in [0.2, 0.25) is 0 Å². The highest BCUT2D eigenvalue weighted by Gasteiger charge is 2.16. The van der Waals surface area contributed by atoms with Gasteiger partial charge in [0.05, 0.1) is 10.6 Å². The van der Waals surface area contributed by atoms with Crippen molar-refractivity contribution >= 4 is 46.3 Å². The second-order valence-electron chi connectivity index (χ2n) is 4.06. The molecule has 0 spiro atoms. The van der Waals surface area contributed by atoms with Gasteiger partial charge in [-0.05, 0) is 36.5 Å². The molecule has 2 nitrogen and oxygen atoms in total. The highest BCUT2D eigenvalue weighted by atomic mass is 35.5. The largest absolute Gasteiger partial charge is 0.389 e. The number of benzene rings is 1. The van der Waals surface area contributed by atoms with E-state index in [0.29, 0.717) is 16.1 Å². The highest BCUT2D eigenvalue weighted by molar-refractivity contribution is 7.99. The predicted octanol–water partition coefficient (Wildman–Crippen LogP) is 3.28. The minimum Gasteiger partial charge on any atom is -0.389 e. The van der Waals surface area contributed by atoms with Gasteiger partial charge in [-0.15, -0.1) is 0 Å². The van der Waals surface area contributed by atoms with Crippen LogP contribution in [0.15, 0.2) is 18.2 Å². The Kier molecular flexibility index (Phi) is 4.54. The first-order valence-electron chi connectivity index (χ1n) is 5.61. The third-order valence-corrected chi connectivity index (χ3v) is 4.41. The van der Waals surface area contributed by atoms with Crippen LogP contribution < -0.4 is 11.1 Å². The van der Waals surface area contributed by atoms with E-state index in [0.717, 1.165) is 11.3 Å². The Balaban J connectivity index is 2.19. The molecule has 0 unspecified atom stereocenters. The molecule has 1 saturated heterocycles. The van der Waals surface area contributed by atoms with Gasteiger partial charge in [-0.3, -0.25) is 0 Å². The normalized spacial score (nSPS) is 16.8. The van der Waals surface area contributed by atoms with Gasteiger partial charge in [0.15, 0.2) is 0 Å². The van der Waals surface area contributed by atoms with Gasteiger partial charge in [0.1, 0.15) is 4.99 Å². The number of hydrogen-bond donors (Lipinski definition) is 2. The van der Waals surface area contributed by atoms with Crippen molar-refractivity contribution in [1.29, 1.82) is 0 Å². The Bertz CT molecular complexity index is 417. The molecule has 0 radical (unpaired) electrons. The Hall–Kier alpha value is -0.450. The molecule has 1 aromatic rings. The van der Waals surface area contributed by atoms with E-state index in [1.54, 1.807) is 0 Å². The summed E-state index contributed by atoms with van der Waals surface area (Å²) in [5.74, 6) is 2.42. The summed E-state index contributed by atoms with van der Waals surface area (Å²) in [7, 11) is 0. The Morgan fingerprint density at radius 1 is 1.41 bits per heavy atom. The van der Waals surface area contributed by atoms with Gasteiger partial charge in [0.25, 0.3) is 0 Å². The summed E-state index contributed by atoms with van der Waals surface area (Å²) >= 11 is 13.2.